The molecule has 3 N–H and O–H groups in total. The number of carbonyl (C=O) groups excluding carboxylic acids is 2. The van der Waals surface area contributed by atoms with Crippen molar-refractivity contribution in [3.05, 3.63) is 0 Å². The summed E-state index contributed by atoms with van der Waals surface area (Å²) in [5.41, 5.74) is 0. The van der Waals surface area contributed by atoms with Gasteiger partial charge in [0.15, 0.2) is 0 Å². The van der Waals surface area contributed by atoms with Crippen molar-refractivity contribution in [2.24, 2.45) is 0 Å². The van der Waals surface area contributed by atoms with Crippen LogP contribution in [0.1, 0.15) is 25.7 Å². The van der Waals surface area contributed by atoms with Crippen LogP contribution in [0.25, 0.3) is 0 Å². The summed E-state index contributed by atoms with van der Waals surface area (Å²) in [6, 6.07) is 0. The van der Waals surface area contributed by atoms with E-state index in [4.69, 9.17) is 16.6 Å². The normalized spacial score (nSPS) is 9.48. The Labute approximate surface area is 122 Å². The lowest BCUT2D eigenvalue weighted by Crippen LogP contribution is -2.35. The van der Waals surface area contributed by atoms with Crippen LogP contribution in [0.15, 0.2) is 0 Å². The van der Waals surface area contributed by atoms with Crippen LogP contribution in [-0.4, -0.2) is 58.5 Å². The summed E-state index contributed by atoms with van der Waals surface area (Å²) in [7, 11) is 0. The molecule has 0 atom stereocenters. The van der Waals surface area contributed by atoms with E-state index in [9.17, 15) is 19.2 Å². The Hall–Kier alpha value is -2.56. The van der Waals surface area contributed by atoms with Crippen molar-refractivity contribution in [1.29, 1.82) is 0 Å². The predicted molar refractivity (Wildman–Crippen MR) is 72.2 cm³/mol. The number of nitrogens with one attached hydrogen (secondary N) is 1. The number of hydrogen-bond acceptors (Lipinski definition) is 4. The number of aliphatic carboxylic acids is 2. The number of carboxylic acid groups (broad SMARTS) is 2. The number of nitrogens with zero attached hydrogens (tertiary/aromatic N) is 1. The summed E-state index contributed by atoms with van der Waals surface area (Å²) in [4.78, 5) is 44.9. The zero-order valence-corrected chi connectivity index (χ0v) is 11.5. The van der Waals surface area contributed by atoms with Crippen molar-refractivity contribution in [3.63, 3.8) is 0 Å². The van der Waals surface area contributed by atoms with Gasteiger partial charge in [-0.1, -0.05) is 0 Å². The van der Waals surface area contributed by atoms with Crippen LogP contribution < -0.4 is 5.32 Å². The van der Waals surface area contributed by atoms with Crippen molar-refractivity contribution >= 4 is 23.8 Å². The third-order valence-electron chi connectivity index (χ3n) is 2.53. The van der Waals surface area contributed by atoms with Crippen molar-refractivity contribution in [2.45, 2.75) is 25.7 Å². The van der Waals surface area contributed by atoms with Crippen LogP contribution in [0.4, 0.5) is 0 Å². The molecule has 0 aromatic heterocycles. The maximum atomic E-state index is 11.9. The molecule has 8 nitrogen and oxygen atoms in total. The van der Waals surface area contributed by atoms with Crippen LogP contribution in [0.2, 0.25) is 0 Å². The zero-order valence-electron chi connectivity index (χ0n) is 11.5. The molecule has 21 heavy (non-hydrogen) atoms. The summed E-state index contributed by atoms with van der Waals surface area (Å²) in [5.74, 6) is -1.19. The first-order valence-corrected chi connectivity index (χ1v) is 6.32. The summed E-state index contributed by atoms with van der Waals surface area (Å²) < 4.78 is 0. The lowest BCUT2D eigenvalue weighted by Gasteiger charge is -2.21. The Balaban J connectivity index is 4.22. The fourth-order valence-electron chi connectivity index (χ4n) is 1.47. The van der Waals surface area contributed by atoms with Gasteiger partial charge >= 0.3 is 11.9 Å². The molecule has 0 heterocycles. The highest BCUT2D eigenvalue weighted by Gasteiger charge is 2.15. The molecule has 0 bridgehead atoms. The van der Waals surface area contributed by atoms with Gasteiger partial charge in [-0.15, -0.1) is 6.42 Å². The van der Waals surface area contributed by atoms with E-state index < -0.39 is 17.8 Å². The second-order valence-corrected chi connectivity index (χ2v) is 4.17. The molecule has 0 spiro atoms. The third-order valence-corrected chi connectivity index (χ3v) is 2.53. The topological polar surface area (TPSA) is 124 Å². The molecule has 0 aromatic carbocycles. The van der Waals surface area contributed by atoms with Gasteiger partial charge < -0.3 is 20.4 Å². The smallest absolute Gasteiger partial charge is 0.305 e. The van der Waals surface area contributed by atoms with Crippen molar-refractivity contribution < 1.29 is 29.4 Å². The standard InChI is InChI=1S/C13H18N2O6/c1-2-10(16)14-7-3-4-11(17)15(8-5-12(18)19)9-6-13(20)21/h1H,3-9H2,(H,14,16)(H,18,19)(H,20,21). The number of amides is 2. The quantitative estimate of drug-likeness (QED) is 0.362. The Morgan fingerprint density at radius 1 is 1.00 bits per heavy atom. The van der Waals surface area contributed by atoms with Gasteiger partial charge in [-0.2, -0.15) is 0 Å². The van der Waals surface area contributed by atoms with Crippen LogP contribution >= 0.6 is 0 Å². The first-order valence-electron chi connectivity index (χ1n) is 6.32. The molecule has 0 saturated carbocycles. The van der Waals surface area contributed by atoms with Crippen LogP contribution in [0.3, 0.4) is 0 Å². The van der Waals surface area contributed by atoms with Crippen LogP contribution in [0.5, 0.6) is 0 Å². The van der Waals surface area contributed by atoms with Gasteiger partial charge in [-0.05, 0) is 12.3 Å². The number of rotatable bonds is 10. The van der Waals surface area contributed by atoms with Gasteiger partial charge in [-0.25, -0.2) is 0 Å². The molecule has 0 aromatic rings. The van der Waals surface area contributed by atoms with Gasteiger partial charge in [0.2, 0.25) is 5.91 Å². The summed E-state index contributed by atoms with van der Waals surface area (Å²) >= 11 is 0. The fourth-order valence-corrected chi connectivity index (χ4v) is 1.47. The van der Waals surface area contributed by atoms with Crippen LogP contribution in [-0.2, 0) is 19.2 Å². The molecular weight excluding hydrogens is 280 g/mol. The third kappa shape index (κ3) is 9.95. The maximum absolute atomic E-state index is 11.9. The summed E-state index contributed by atoms with van der Waals surface area (Å²) in [6.07, 6.45) is 4.76. The molecule has 0 saturated heterocycles. The molecule has 0 aliphatic heterocycles. The van der Waals surface area contributed by atoms with E-state index in [1.165, 1.54) is 4.90 Å². The van der Waals surface area contributed by atoms with Crippen molar-refractivity contribution in [2.75, 3.05) is 19.6 Å². The lowest BCUT2D eigenvalue weighted by atomic mass is 10.2. The molecule has 0 aliphatic carbocycles. The molecule has 0 rings (SSSR count). The minimum absolute atomic E-state index is 0.0435. The van der Waals surface area contributed by atoms with E-state index in [0.29, 0.717) is 6.42 Å². The first-order chi connectivity index (χ1) is 9.86. The molecule has 116 valence electrons. The first kappa shape index (κ1) is 18.4. The highest BCUT2D eigenvalue weighted by Crippen LogP contribution is 2.01. The number of terminal acetylenes is 1. The second-order valence-electron chi connectivity index (χ2n) is 4.17. The Bertz CT molecular complexity index is 422. The van der Waals surface area contributed by atoms with E-state index in [0.717, 1.165) is 0 Å². The van der Waals surface area contributed by atoms with Gasteiger partial charge in [0.25, 0.3) is 5.91 Å². The summed E-state index contributed by atoms with van der Waals surface area (Å²) in [6.45, 7) is 0.136. The summed E-state index contributed by atoms with van der Waals surface area (Å²) in [5, 5.41) is 19.6. The fraction of sp³-hybridized carbons (Fsp3) is 0.538. The number of hydrogen-bond donors (Lipinski definition) is 3. The Morgan fingerprint density at radius 3 is 1.95 bits per heavy atom. The van der Waals surface area contributed by atoms with E-state index in [1.807, 2.05) is 5.92 Å². The van der Waals surface area contributed by atoms with E-state index in [1.54, 1.807) is 0 Å². The molecule has 2 amide bonds. The van der Waals surface area contributed by atoms with Gasteiger partial charge in [0.05, 0.1) is 12.8 Å². The van der Waals surface area contributed by atoms with E-state index in [2.05, 4.69) is 5.32 Å². The van der Waals surface area contributed by atoms with Gasteiger partial charge in [0.1, 0.15) is 0 Å². The molecule has 0 fully saturated rings. The molecule has 0 radical (unpaired) electrons. The average Bonchev–Trinajstić information content (AvgIpc) is 2.42. The van der Waals surface area contributed by atoms with Gasteiger partial charge in [-0.3, -0.25) is 19.2 Å². The van der Waals surface area contributed by atoms with Crippen molar-refractivity contribution in [3.8, 4) is 12.3 Å². The maximum Gasteiger partial charge on any atom is 0.305 e. The minimum Gasteiger partial charge on any atom is -0.481 e. The largest absolute Gasteiger partial charge is 0.481 e. The highest BCUT2D eigenvalue weighted by atomic mass is 16.4. The number of carboxylic acids is 2. The second kappa shape index (κ2) is 10.3. The molecular formula is C13H18N2O6. The lowest BCUT2D eigenvalue weighted by molar-refractivity contribution is -0.139. The Kier molecular flexibility index (Phi) is 9.00. The zero-order chi connectivity index (χ0) is 16.3. The van der Waals surface area contributed by atoms with Crippen molar-refractivity contribution in [1.82, 2.24) is 10.2 Å². The number of carbonyl (C=O) groups is 4. The molecule has 8 heteroatoms. The highest BCUT2D eigenvalue weighted by molar-refractivity contribution is 5.92. The molecule has 0 aliphatic rings. The predicted octanol–water partition coefficient (Wildman–Crippen LogP) is -0.706. The Morgan fingerprint density at radius 2 is 1.52 bits per heavy atom. The molecule has 0 unspecified atom stereocenters. The van der Waals surface area contributed by atoms with E-state index in [-0.39, 0.29) is 44.8 Å². The van der Waals surface area contributed by atoms with E-state index >= 15 is 0 Å². The monoisotopic (exact) mass is 298 g/mol. The van der Waals surface area contributed by atoms with Gasteiger partial charge in [0, 0.05) is 26.1 Å². The minimum atomic E-state index is -1.07. The van der Waals surface area contributed by atoms with Crippen LogP contribution in [0, 0.1) is 12.3 Å². The SMILES string of the molecule is C#CC(=O)NCCCC(=O)N(CCC(=O)O)CCC(=O)O. The average molecular weight is 298 g/mol.